The summed E-state index contributed by atoms with van der Waals surface area (Å²) in [6.07, 6.45) is 0. The van der Waals surface area contributed by atoms with Gasteiger partial charge in [-0.05, 0) is 36.8 Å². The summed E-state index contributed by atoms with van der Waals surface area (Å²) < 4.78 is 0. The highest BCUT2D eigenvalue weighted by molar-refractivity contribution is 6.27. The Hall–Kier alpha value is -2.62. The summed E-state index contributed by atoms with van der Waals surface area (Å²) >= 11 is 0. The van der Waals surface area contributed by atoms with Gasteiger partial charge in [-0.2, -0.15) is 0 Å². The maximum Gasteiger partial charge on any atom is 0.242 e. The summed E-state index contributed by atoms with van der Waals surface area (Å²) in [6, 6.07) is 13.1. The third kappa shape index (κ3) is 1.61. The molecule has 1 amide bonds. The van der Waals surface area contributed by atoms with Gasteiger partial charge in [-0.3, -0.25) is 9.59 Å². The van der Waals surface area contributed by atoms with Crippen LogP contribution in [-0.2, 0) is 10.2 Å². The maximum atomic E-state index is 12.7. The van der Waals surface area contributed by atoms with Gasteiger partial charge in [0.15, 0.2) is 5.78 Å². The van der Waals surface area contributed by atoms with Gasteiger partial charge in [-0.25, -0.2) is 0 Å². The molecule has 0 bridgehead atoms. The minimum atomic E-state index is -1.28. The second-order valence-corrected chi connectivity index (χ2v) is 5.00. The molecule has 20 heavy (non-hydrogen) atoms. The van der Waals surface area contributed by atoms with Crippen molar-refractivity contribution in [2.75, 3.05) is 5.32 Å². The number of carbonyl (C=O) groups is 2. The number of aromatic hydroxyl groups is 1. The molecule has 4 heteroatoms. The highest BCUT2D eigenvalue weighted by Gasteiger charge is 2.47. The first kappa shape index (κ1) is 12.4. The Morgan fingerprint density at radius 2 is 1.65 bits per heavy atom. The molecule has 1 unspecified atom stereocenters. The first-order valence-corrected chi connectivity index (χ1v) is 6.28. The van der Waals surface area contributed by atoms with E-state index < -0.39 is 5.41 Å². The zero-order valence-electron chi connectivity index (χ0n) is 10.9. The summed E-state index contributed by atoms with van der Waals surface area (Å²) in [5, 5.41) is 12.1. The molecule has 1 aliphatic rings. The van der Waals surface area contributed by atoms with Gasteiger partial charge in [0, 0.05) is 5.56 Å². The minimum absolute atomic E-state index is 0.0985. The molecule has 0 aliphatic carbocycles. The molecule has 1 heterocycles. The molecule has 1 aliphatic heterocycles. The lowest BCUT2D eigenvalue weighted by molar-refractivity contribution is -0.119. The van der Waals surface area contributed by atoms with Gasteiger partial charge >= 0.3 is 0 Å². The number of hydrogen-bond donors (Lipinski definition) is 2. The Bertz CT molecular complexity index is 706. The second-order valence-electron chi connectivity index (χ2n) is 5.00. The monoisotopic (exact) mass is 267 g/mol. The fourth-order valence-electron chi connectivity index (χ4n) is 2.47. The van der Waals surface area contributed by atoms with E-state index in [0.717, 1.165) is 0 Å². The van der Waals surface area contributed by atoms with Crippen LogP contribution in [0.3, 0.4) is 0 Å². The van der Waals surface area contributed by atoms with E-state index in [0.29, 0.717) is 16.8 Å². The summed E-state index contributed by atoms with van der Waals surface area (Å²) in [4.78, 5) is 25.1. The molecule has 0 saturated carbocycles. The van der Waals surface area contributed by atoms with E-state index in [2.05, 4.69) is 5.32 Å². The Morgan fingerprint density at radius 1 is 1.00 bits per heavy atom. The first-order chi connectivity index (χ1) is 9.53. The third-order valence-electron chi connectivity index (χ3n) is 3.77. The number of rotatable bonds is 1. The number of amides is 1. The Morgan fingerprint density at radius 3 is 2.35 bits per heavy atom. The minimum Gasteiger partial charge on any atom is -0.508 e. The smallest absolute Gasteiger partial charge is 0.242 e. The second kappa shape index (κ2) is 4.20. The maximum absolute atomic E-state index is 12.7. The number of phenolic OH excluding ortho intramolecular Hbond substituents is 1. The summed E-state index contributed by atoms with van der Waals surface area (Å²) in [5.41, 5.74) is 0.330. The van der Waals surface area contributed by atoms with Crippen molar-refractivity contribution in [2.24, 2.45) is 0 Å². The molecular formula is C16H13NO3. The summed E-state index contributed by atoms with van der Waals surface area (Å²) in [6.45, 7) is 1.60. The van der Waals surface area contributed by atoms with Crippen molar-refractivity contribution in [3.63, 3.8) is 0 Å². The lowest BCUT2D eigenvalue weighted by Gasteiger charge is -2.32. The van der Waals surface area contributed by atoms with Gasteiger partial charge in [0.1, 0.15) is 11.2 Å². The molecule has 3 rings (SSSR count). The van der Waals surface area contributed by atoms with Gasteiger partial charge in [-0.1, -0.05) is 24.3 Å². The molecule has 0 aromatic heterocycles. The van der Waals surface area contributed by atoms with E-state index >= 15 is 0 Å². The fraction of sp³-hybridized carbons (Fsp3) is 0.125. The molecule has 0 radical (unpaired) electrons. The molecule has 100 valence electrons. The fourth-order valence-corrected chi connectivity index (χ4v) is 2.47. The van der Waals surface area contributed by atoms with Crippen LogP contribution >= 0.6 is 0 Å². The third-order valence-corrected chi connectivity index (χ3v) is 3.77. The number of nitrogens with one attached hydrogen (secondary N) is 1. The molecule has 2 aromatic rings. The molecule has 1 atom stereocenters. The average molecular weight is 267 g/mol. The van der Waals surface area contributed by atoms with Gasteiger partial charge < -0.3 is 10.4 Å². The predicted molar refractivity (Wildman–Crippen MR) is 74.9 cm³/mol. The molecular weight excluding hydrogens is 254 g/mol. The number of para-hydroxylation sites is 1. The van der Waals surface area contributed by atoms with Crippen molar-refractivity contribution in [1.82, 2.24) is 0 Å². The van der Waals surface area contributed by atoms with Gasteiger partial charge in [0.05, 0.1) is 5.69 Å². The standard InChI is InChI=1S/C16H13NO3/c1-16(10-6-8-11(18)9-7-10)14(19)12-4-2-3-5-13(12)17-15(16)20/h2-9,18H,1H3,(H,17,20). The van der Waals surface area contributed by atoms with Crippen LogP contribution in [0, 0.1) is 0 Å². The number of anilines is 1. The van der Waals surface area contributed by atoms with Crippen molar-refractivity contribution in [3.05, 3.63) is 59.7 Å². The number of fused-ring (bicyclic) bond motifs is 1. The highest BCUT2D eigenvalue weighted by atomic mass is 16.3. The van der Waals surface area contributed by atoms with Crippen LogP contribution in [0.5, 0.6) is 5.75 Å². The number of Topliss-reactive ketones (excluding diaryl/α,β-unsaturated/α-hetero) is 1. The number of carbonyl (C=O) groups excluding carboxylic acids is 2. The number of hydrogen-bond acceptors (Lipinski definition) is 3. The molecule has 0 fully saturated rings. The molecule has 0 spiro atoms. The number of ketones is 1. The number of benzene rings is 2. The van der Waals surface area contributed by atoms with Crippen molar-refractivity contribution in [2.45, 2.75) is 12.3 Å². The van der Waals surface area contributed by atoms with Gasteiger partial charge in [0.2, 0.25) is 5.91 Å². The van der Waals surface area contributed by atoms with E-state index in [1.807, 2.05) is 0 Å². The molecule has 2 aromatic carbocycles. The molecule has 4 nitrogen and oxygen atoms in total. The predicted octanol–water partition coefficient (Wildman–Crippen LogP) is 2.48. The zero-order valence-corrected chi connectivity index (χ0v) is 10.9. The van der Waals surface area contributed by atoms with E-state index in [9.17, 15) is 14.7 Å². The van der Waals surface area contributed by atoms with Crippen molar-refractivity contribution in [3.8, 4) is 5.75 Å². The van der Waals surface area contributed by atoms with Crippen LogP contribution in [0.15, 0.2) is 48.5 Å². The van der Waals surface area contributed by atoms with Crippen LogP contribution < -0.4 is 5.32 Å². The zero-order chi connectivity index (χ0) is 14.3. The van der Waals surface area contributed by atoms with Crippen molar-refractivity contribution >= 4 is 17.4 Å². The van der Waals surface area contributed by atoms with Gasteiger partial charge in [0.25, 0.3) is 0 Å². The Balaban J connectivity index is 2.16. The van der Waals surface area contributed by atoms with E-state index in [1.165, 1.54) is 12.1 Å². The average Bonchev–Trinajstić information content (AvgIpc) is 2.46. The topological polar surface area (TPSA) is 66.4 Å². The normalized spacial score (nSPS) is 21.2. The quantitative estimate of drug-likeness (QED) is 0.780. The van der Waals surface area contributed by atoms with Crippen LogP contribution in [-0.4, -0.2) is 16.8 Å². The lowest BCUT2D eigenvalue weighted by Crippen LogP contribution is -2.48. The van der Waals surface area contributed by atoms with Crippen LogP contribution in [0.4, 0.5) is 5.69 Å². The van der Waals surface area contributed by atoms with E-state index in [4.69, 9.17) is 0 Å². The molecule has 2 N–H and O–H groups in total. The Kier molecular flexibility index (Phi) is 2.61. The van der Waals surface area contributed by atoms with Crippen LogP contribution in [0.2, 0.25) is 0 Å². The van der Waals surface area contributed by atoms with Crippen molar-refractivity contribution < 1.29 is 14.7 Å². The first-order valence-electron chi connectivity index (χ1n) is 6.28. The summed E-state index contributed by atoms with van der Waals surface area (Å²) in [5.74, 6) is -0.490. The highest BCUT2D eigenvalue weighted by Crippen LogP contribution is 2.36. The lowest BCUT2D eigenvalue weighted by atomic mass is 9.73. The molecule has 0 saturated heterocycles. The van der Waals surface area contributed by atoms with E-state index in [-0.39, 0.29) is 17.4 Å². The van der Waals surface area contributed by atoms with Crippen LogP contribution in [0.1, 0.15) is 22.8 Å². The van der Waals surface area contributed by atoms with E-state index in [1.54, 1.807) is 43.3 Å². The number of phenols is 1. The van der Waals surface area contributed by atoms with Gasteiger partial charge in [-0.15, -0.1) is 0 Å². The largest absolute Gasteiger partial charge is 0.508 e. The SMILES string of the molecule is CC1(c2ccc(O)cc2)C(=O)Nc2ccccc2C1=O. The van der Waals surface area contributed by atoms with Crippen molar-refractivity contribution in [1.29, 1.82) is 0 Å². The summed E-state index contributed by atoms with van der Waals surface area (Å²) in [7, 11) is 0. The Labute approximate surface area is 116 Å². The van der Waals surface area contributed by atoms with Crippen LogP contribution in [0.25, 0.3) is 0 Å².